The molecule has 2 rings (SSSR count). The maximum atomic E-state index is 12.1. The molecule has 0 aromatic heterocycles. The fraction of sp³-hybridized carbons (Fsp3) is 0.438. The molecule has 1 amide bonds. The molecule has 1 aromatic carbocycles. The van der Waals surface area contributed by atoms with Gasteiger partial charge >= 0.3 is 0 Å². The largest absolute Gasteiger partial charge is 0.381 e. The zero-order valence-electron chi connectivity index (χ0n) is 11.7. The third kappa shape index (κ3) is 3.83. The second-order valence-corrected chi connectivity index (χ2v) is 4.92. The van der Waals surface area contributed by atoms with Gasteiger partial charge in [-0.3, -0.25) is 4.79 Å². The van der Waals surface area contributed by atoms with E-state index in [-0.39, 0.29) is 17.9 Å². The maximum absolute atomic E-state index is 12.1. The number of ether oxygens (including phenoxy) is 1. The van der Waals surface area contributed by atoms with Gasteiger partial charge in [0.15, 0.2) is 0 Å². The number of nitrogens with two attached hydrogens (primary N) is 1. The van der Waals surface area contributed by atoms with Crippen molar-refractivity contribution < 1.29 is 9.53 Å². The Kier molecular flexibility index (Phi) is 5.16. The highest BCUT2D eigenvalue weighted by molar-refractivity contribution is 5.79. The van der Waals surface area contributed by atoms with Crippen LogP contribution in [-0.2, 0) is 9.53 Å². The van der Waals surface area contributed by atoms with Gasteiger partial charge in [-0.1, -0.05) is 24.0 Å². The average molecular weight is 272 g/mol. The van der Waals surface area contributed by atoms with E-state index < -0.39 is 0 Å². The van der Waals surface area contributed by atoms with Crippen LogP contribution in [0.3, 0.4) is 0 Å². The number of hydrogen-bond donors (Lipinski definition) is 2. The van der Waals surface area contributed by atoms with E-state index in [1.54, 1.807) is 0 Å². The predicted octanol–water partition coefficient (Wildman–Crippen LogP) is 1.21. The van der Waals surface area contributed by atoms with Crippen molar-refractivity contribution in [3.63, 3.8) is 0 Å². The van der Waals surface area contributed by atoms with Crippen LogP contribution in [0.2, 0.25) is 0 Å². The number of hydrogen-bond acceptors (Lipinski definition) is 3. The Morgan fingerprint density at radius 2 is 2.45 bits per heavy atom. The van der Waals surface area contributed by atoms with Gasteiger partial charge in [0.25, 0.3) is 0 Å². The first-order valence-electron chi connectivity index (χ1n) is 6.87. The zero-order chi connectivity index (χ0) is 14.4. The maximum Gasteiger partial charge on any atom is 0.225 e. The van der Waals surface area contributed by atoms with E-state index in [1.165, 1.54) is 0 Å². The van der Waals surface area contributed by atoms with E-state index in [9.17, 15) is 4.79 Å². The molecular weight excluding hydrogens is 252 g/mol. The van der Waals surface area contributed by atoms with Crippen molar-refractivity contribution in [1.82, 2.24) is 5.32 Å². The van der Waals surface area contributed by atoms with Crippen molar-refractivity contribution in [2.75, 3.05) is 19.8 Å². The number of rotatable bonds is 3. The van der Waals surface area contributed by atoms with Crippen molar-refractivity contribution in [2.45, 2.75) is 19.4 Å². The van der Waals surface area contributed by atoms with E-state index in [0.29, 0.717) is 19.8 Å². The van der Waals surface area contributed by atoms with Crippen LogP contribution in [0.5, 0.6) is 0 Å². The molecule has 4 heteroatoms. The van der Waals surface area contributed by atoms with E-state index in [4.69, 9.17) is 10.5 Å². The molecule has 20 heavy (non-hydrogen) atoms. The van der Waals surface area contributed by atoms with E-state index >= 15 is 0 Å². The van der Waals surface area contributed by atoms with Crippen LogP contribution in [-0.4, -0.2) is 25.7 Å². The lowest BCUT2D eigenvalue weighted by Crippen LogP contribution is -2.33. The lowest BCUT2D eigenvalue weighted by Gasteiger charge is -2.17. The van der Waals surface area contributed by atoms with Gasteiger partial charge in [-0.25, -0.2) is 0 Å². The molecule has 3 N–H and O–H groups in total. The van der Waals surface area contributed by atoms with Gasteiger partial charge in [0.05, 0.1) is 25.1 Å². The number of carbonyl (C=O) groups excluding carboxylic acids is 1. The molecular formula is C16H20N2O2. The number of carbonyl (C=O) groups is 1. The SMILES string of the molecule is CC(NC(=O)C1CCOC1)c1cccc(C#CCN)c1. The van der Waals surface area contributed by atoms with Gasteiger partial charge in [0.1, 0.15) is 0 Å². The highest BCUT2D eigenvalue weighted by Crippen LogP contribution is 2.17. The summed E-state index contributed by atoms with van der Waals surface area (Å²) in [5, 5.41) is 3.03. The van der Waals surface area contributed by atoms with E-state index in [2.05, 4.69) is 17.2 Å². The molecule has 1 saturated heterocycles. The van der Waals surface area contributed by atoms with Crippen molar-refractivity contribution in [2.24, 2.45) is 11.7 Å². The van der Waals surface area contributed by atoms with Gasteiger partial charge in [-0.15, -0.1) is 0 Å². The van der Waals surface area contributed by atoms with Crippen LogP contribution in [0.1, 0.15) is 30.5 Å². The quantitative estimate of drug-likeness (QED) is 0.813. The fourth-order valence-corrected chi connectivity index (χ4v) is 2.19. The minimum Gasteiger partial charge on any atom is -0.381 e. The van der Waals surface area contributed by atoms with Gasteiger partial charge in [-0.2, -0.15) is 0 Å². The molecule has 0 radical (unpaired) electrons. The Labute approximate surface area is 119 Å². The summed E-state index contributed by atoms with van der Waals surface area (Å²) in [6.45, 7) is 3.53. The molecule has 106 valence electrons. The summed E-state index contributed by atoms with van der Waals surface area (Å²) in [4.78, 5) is 12.1. The Hall–Kier alpha value is -1.83. The third-order valence-electron chi connectivity index (χ3n) is 3.38. The third-order valence-corrected chi connectivity index (χ3v) is 3.38. The van der Waals surface area contributed by atoms with Gasteiger partial charge in [0.2, 0.25) is 5.91 Å². The summed E-state index contributed by atoms with van der Waals surface area (Å²) >= 11 is 0. The number of benzene rings is 1. The topological polar surface area (TPSA) is 64.3 Å². The van der Waals surface area contributed by atoms with Crippen molar-refractivity contribution in [3.05, 3.63) is 35.4 Å². The van der Waals surface area contributed by atoms with Gasteiger partial charge in [0, 0.05) is 12.2 Å². The molecule has 1 aliphatic rings. The van der Waals surface area contributed by atoms with Crippen molar-refractivity contribution >= 4 is 5.91 Å². The summed E-state index contributed by atoms with van der Waals surface area (Å²) in [6.07, 6.45) is 0.806. The summed E-state index contributed by atoms with van der Waals surface area (Å²) < 4.78 is 5.24. The lowest BCUT2D eigenvalue weighted by atomic mass is 10.0. The highest BCUT2D eigenvalue weighted by Gasteiger charge is 2.24. The molecule has 0 bridgehead atoms. The van der Waals surface area contributed by atoms with Crippen molar-refractivity contribution in [1.29, 1.82) is 0 Å². The van der Waals surface area contributed by atoms with Crippen molar-refractivity contribution in [3.8, 4) is 11.8 Å². The van der Waals surface area contributed by atoms with E-state index in [1.807, 2.05) is 31.2 Å². The number of nitrogens with one attached hydrogen (secondary N) is 1. The van der Waals surface area contributed by atoms with Crippen LogP contribution >= 0.6 is 0 Å². The smallest absolute Gasteiger partial charge is 0.225 e. The van der Waals surface area contributed by atoms with Crippen LogP contribution in [0, 0.1) is 17.8 Å². The first-order valence-corrected chi connectivity index (χ1v) is 6.87. The predicted molar refractivity (Wildman–Crippen MR) is 77.9 cm³/mol. The fourth-order valence-electron chi connectivity index (χ4n) is 2.19. The molecule has 2 unspecified atom stereocenters. The van der Waals surface area contributed by atoms with E-state index in [0.717, 1.165) is 17.5 Å². The lowest BCUT2D eigenvalue weighted by molar-refractivity contribution is -0.125. The normalized spacial score (nSPS) is 19.0. The zero-order valence-corrected chi connectivity index (χ0v) is 11.7. The highest BCUT2D eigenvalue weighted by atomic mass is 16.5. The molecule has 1 aromatic rings. The first-order chi connectivity index (χ1) is 9.70. The Morgan fingerprint density at radius 3 is 3.15 bits per heavy atom. The summed E-state index contributed by atoms with van der Waals surface area (Å²) in [5.74, 6) is 5.88. The average Bonchev–Trinajstić information content (AvgIpc) is 2.99. The summed E-state index contributed by atoms with van der Waals surface area (Å²) in [5.41, 5.74) is 7.33. The number of amides is 1. The Balaban J connectivity index is 2.01. The molecule has 0 saturated carbocycles. The van der Waals surface area contributed by atoms with Crippen LogP contribution in [0.4, 0.5) is 0 Å². The molecule has 0 spiro atoms. The summed E-state index contributed by atoms with van der Waals surface area (Å²) in [7, 11) is 0. The van der Waals surface area contributed by atoms with Crippen LogP contribution in [0.15, 0.2) is 24.3 Å². The monoisotopic (exact) mass is 272 g/mol. The first kappa shape index (κ1) is 14.6. The second-order valence-electron chi connectivity index (χ2n) is 4.92. The summed E-state index contributed by atoms with van der Waals surface area (Å²) in [6, 6.07) is 7.81. The van der Waals surface area contributed by atoms with Gasteiger partial charge in [-0.05, 0) is 31.0 Å². The Morgan fingerprint density at radius 1 is 1.60 bits per heavy atom. The van der Waals surface area contributed by atoms with Gasteiger partial charge < -0.3 is 15.8 Å². The van der Waals surface area contributed by atoms with Crippen LogP contribution < -0.4 is 11.1 Å². The molecule has 2 atom stereocenters. The molecule has 1 aliphatic heterocycles. The van der Waals surface area contributed by atoms with Crippen LogP contribution in [0.25, 0.3) is 0 Å². The molecule has 0 aliphatic carbocycles. The molecule has 1 heterocycles. The molecule has 1 fully saturated rings. The minimum atomic E-state index is -0.0391. The Bertz CT molecular complexity index is 525. The minimum absolute atomic E-state index is 0.0161. The molecule has 4 nitrogen and oxygen atoms in total. The standard InChI is InChI=1S/C16H20N2O2/c1-12(18-16(19)15-7-9-20-11-15)14-6-2-4-13(10-14)5-3-8-17/h2,4,6,10,12,15H,7-9,11,17H2,1H3,(H,18,19). The second kappa shape index (κ2) is 7.09.